The summed E-state index contributed by atoms with van der Waals surface area (Å²) in [7, 11) is -0.811. The Morgan fingerprint density at radius 3 is 1.78 bits per heavy atom. The lowest BCUT2D eigenvalue weighted by Gasteiger charge is -2.22. The van der Waals surface area contributed by atoms with Gasteiger partial charge in [0.1, 0.15) is 0 Å². The molecule has 1 aliphatic rings. The van der Waals surface area contributed by atoms with Crippen molar-refractivity contribution in [1.82, 2.24) is 9.97 Å². The second kappa shape index (κ2) is 8.06. The average molecular weight is 489 g/mol. The van der Waals surface area contributed by atoms with E-state index in [1.165, 1.54) is 48.9 Å². The van der Waals surface area contributed by atoms with E-state index in [4.69, 9.17) is 9.97 Å². The number of rotatable bonds is 1. The van der Waals surface area contributed by atoms with Crippen molar-refractivity contribution in [3.8, 4) is 22.3 Å². The second-order valence-corrected chi connectivity index (χ2v) is 11.6. The topological polar surface area (TPSA) is 25.8 Å². The van der Waals surface area contributed by atoms with Gasteiger partial charge in [0.25, 0.3) is 0 Å². The normalized spacial score (nSPS) is 14.2. The zero-order valence-corrected chi connectivity index (χ0v) is 20.9. The van der Waals surface area contributed by atoms with Crippen LogP contribution < -0.4 is 15.9 Å². The largest absolute Gasteiger partial charge is 0.256 e. The Kier molecular flexibility index (Phi) is 4.53. The van der Waals surface area contributed by atoms with E-state index < -0.39 is 7.92 Å². The van der Waals surface area contributed by atoms with E-state index in [2.05, 4.69) is 103 Å². The smallest absolute Gasteiger partial charge is 0.0794 e. The fraction of sp³-hybridized carbons (Fsp3) is 0. The van der Waals surface area contributed by atoms with Crippen LogP contribution in [0.3, 0.4) is 0 Å². The predicted octanol–water partition coefficient (Wildman–Crippen LogP) is 7.34. The quantitative estimate of drug-likeness (QED) is 0.178. The molecule has 2 nitrogen and oxygen atoms in total. The van der Waals surface area contributed by atoms with Gasteiger partial charge in [0, 0.05) is 34.3 Å². The minimum absolute atomic E-state index is 0.811. The summed E-state index contributed by atoms with van der Waals surface area (Å²) in [6.07, 6.45) is 3.84. The van der Waals surface area contributed by atoms with Gasteiger partial charge in [0.2, 0.25) is 0 Å². The van der Waals surface area contributed by atoms with Crippen LogP contribution >= 0.6 is 7.92 Å². The number of aromatic nitrogens is 2. The Morgan fingerprint density at radius 2 is 1.05 bits per heavy atom. The van der Waals surface area contributed by atoms with Gasteiger partial charge in [0.05, 0.1) is 11.0 Å². The van der Waals surface area contributed by atoms with Gasteiger partial charge < -0.3 is 0 Å². The van der Waals surface area contributed by atoms with Crippen LogP contribution in [0.5, 0.6) is 0 Å². The predicted molar refractivity (Wildman–Crippen MR) is 158 cm³/mol. The van der Waals surface area contributed by atoms with E-state index in [1.807, 2.05) is 24.5 Å². The van der Waals surface area contributed by atoms with Gasteiger partial charge in [-0.3, -0.25) is 9.97 Å². The summed E-state index contributed by atoms with van der Waals surface area (Å²) in [5, 5.41) is 8.88. The maximum atomic E-state index is 5.02. The molecule has 0 bridgehead atoms. The van der Waals surface area contributed by atoms with Crippen molar-refractivity contribution in [2.45, 2.75) is 0 Å². The maximum absolute atomic E-state index is 5.02. The summed E-state index contributed by atoms with van der Waals surface area (Å²) in [6, 6.07) is 41.9. The van der Waals surface area contributed by atoms with Crippen LogP contribution in [0.1, 0.15) is 0 Å². The molecule has 0 saturated carbocycles. The van der Waals surface area contributed by atoms with Crippen molar-refractivity contribution in [1.29, 1.82) is 0 Å². The Labute approximate surface area is 216 Å². The third-order valence-electron chi connectivity index (χ3n) is 7.43. The molecule has 0 aliphatic carbocycles. The van der Waals surface area contributed by atoms with Gasteiger partial charge >= 0.3 is 0 Å². The van der Waals surface area contributed by atoms with Crippen molar-refractivity contribution in [2.24, 2.45) is 0 Å². The molecule has 172 valence electrons. The number of hydrogen-bond acceptors (Lipinski definition) is 2. The first-order valence-electron chi connectivity index (χ1n) is 12.5. The SMILES string of the molecule is c1ccc(P2c3ccccc3-c3c(c4ncccc4c4cccnc34)-c3cc4ccccc4cc32)cc1. The van der Waals surface area contributed by atoms with Crippen LogP contribution in [-0.2, 0) is 0 Å². The minimum atomic E-state index is -0.811. The van der Waals surface area contributed by atoms with Gasteiger partial charge in [-0.1, -0.05) is 91.0 Å². The van der Waals surface area contributed by atoms with E-state index in [0.29, 0.717) is 0 Å². The van der Waals surface area contributed by atoms with E-state index in [9.17, 15) is 0 Å². The summed E-state index contributed by atoms with van der Waals surface area (Å²) < 4.78 is 0. The Bertz CT molecular complexity index is 2000. The highest BCUT2D eigenvalue weighted by Gasteiger charge is 2.31. The molecule has 8 rings (SSSR count). The molecule has 0 fully saturated rings. The molecule has 0 amide bonds. The van der Waals surface area contributed by atoms with Gasteiger partial charge in [-0.05, 0) is 70.0 Å². The van der Waals surface area contributed by atoms with Crippen molar-refractivity contribution in [3.63, 3.8) is 0 Å². The van der Waals surface area contributed by atoms with E-state index in [-0.39, 0.29) is 0 Å². The molecule has 0 spiro atoms. The second-order valence-electron chi connectivity index (χ2n) is 9.45. The highest BCUT2D eigenvalue weighted by molar-refractivity contribution is 7.80. The Morgan fingerprint density at radius 1 is 0.459 bits per heavy atom. The van der Waals surface area contributed by atoms with Crippen molar-refractivity contribution >= 4 is 56.4 Å². The number of fused-ring (bicyclic) bond motifs is 11. The zero-order valence-electron chi connectivity index (χ0n) is 20.0. The molecule has 3 heteroatoms. The third-order valence-corrected chi connectivity index (χ3v) is 9.97. The molecule has 1 unspecified atom stereocenters. The Balaban J connectivity index is 1.66. The van der Waals surface area contributed by atoms with Crippen LogP contribution in [0.2, 0.25) is 0 Å². The standard InChI is InChI=1S/C34H21N2P/c1-2-12-24(13-3-1)37-29-17-7-6-14-27(29)31-32(28-20-22-10-4-5-11-23(22)21-30(28)37)34-26(16-9-19-36-34)25-15-8-18-35-33(25)31/h1-21H. The molecule has 7 aromatic rings. The van der Waals surface area contributed by atoms with Crippen molar-refractivity contribution < 1.29 is 0 Å². The van der Waals surface area contributed by atoms with E-state index >= 15 is 0 Å². The number of pyridine rings is 2. The van der Waals surface area contributed by atoms with Crippen LogP contribution in [0.15, 0.2) is 128 Å². The van der Waals surface area contributed by atoms with Crippen LogP contribution in [-0.4, -0.2) is 9.97 Å². The maximum Gasteiger partial charge on any atom is 0.0794 e. The molecule has 1 aliphatic heterocycles. The van der Waals surface area contributed by atoms with Crippen LogP contribution in [0.4, 0.5) is 0 Å². The first kappa shape index (κ1) is 20.8. The first-order valence-corrected chi connectivity index (χ1v) is 13.9. The molecule has 5 aromatic carbocycles. The lowest BCUT2D eigenvalue weighted by molar-refractivity contribution is 1.39. The van der Waals surface area contributed by atoms with Gasteiger partial charge in [-0.15, -0.1) is 0 Å². The monoisotopic (exact) mass is 488 g/mol. The fourth-order valence-electron chi connectivity index (χ4n) is 5.88. The highest BCUT2D eigenvalue weighted by atomic mass is 31.1. The van der Waals surface area contributed by atoms with E-state index in [0.717, 1.165) is 21.8 Å². The highest BCUT2D eigenvalue weighted by Crippen LogP contribution is 2.50. The number of hydrogen-bond donors (Lipinski definition) is 0. The van der Waals surface area contributed by atoms with Crippen LogP contribution in [0, 0.1) is 0 Å². The summed E-state index contributed by atoms with van der Waals surface area (Å²) in [6.45, 7) is 0. The van der Waals surface area contributed by atoms with E-state index in [1.54, 1.807) is 0 Å². The molecule has 0 radical (unpaired) electrons. The minimum Gasteiger partial charge on any atom is -0.256 e. The number of benzene rings is 5. The Hall–Kier alpha value is -4.39. The molecule has 3 heterocycles. The summed E-state index contributed by atoms with van der Waals surface area (Å²) in [5.41, 5.74) is 6.97. The van der Waals surface area contributed by atoms with Gasteiger partial charge in [-0.25, -0.2) is 0 Å². The molecular formula is C34H21N2P. The van der Waals surface area contributed by atoms with Crippen LogP contribution in [0.25, 0.3) is 54.8 Å². The van der Waals surface area contributed by atoms with Crippen molar-refractivity contribution in [3.05, 3.63) is 128 Å². The molecule has 2 aromatic heterocycles. The molecule has 0 saturated heterocycles. The summed E-state index contributed by atoms with van der Waals surface area (Å²) in [5.74, 6) is 0. The van der Waals surface area contributed by atoms with Gasteiger partial charge in [-0.2, -0.15) is 0 Å². The molecule has 37 heavy (non-hydrogen) atoms. The average Bonchev–Trinajstić information content (AvgIpc) is 3.09. The first-order chi connectivity index (χ1) is 18.4. The van der Waals surface area contributed by atoms with Crippen molar-refractivity contribution in [2.75, 3.05) is 0 Å². The lowest BCUT2D eigenvalue weighted by Crippen LogP contribution is -2.22. The molecular weight excluding hydrogens is 467 g/mol. The lowest BCUT2D eigenvalue weighted by atomic mass is 9.88. The van der Waals surface area contributed by atoms with Gasteiger partial charge in [0.15, 0.2) is 0 Å². The molecule has 1 atom stereocenters. The summed E-state index contributed by atoms with van der Waals surface area (Å²) >= 11 is 0. The molecule has 0 N–H and O–H groups in total. The fourth-order valence-corrected chi connectivity index (χ4v) is 8.52. The third kappa shape index (κ3) is 3.03. The zero-order chi connectivity index (χ0) is 24.3. The number of nitrogens with zero attached hydrogens (tertiary/aromatic N) is 2. The summed E-state index contributed by atoms with van der Waals surface area (Å²) in [4.78, 5) is 10.0.